The maximum atomic E-state index is 10.3. The van der Waals surface area contributed by atoms with Crippen molar-refractivity contribution in [2.75, 3.05) is 13.2 Å². The summed E-state index contributed by atoms with van der Waals surface area (Å²) in [5.74, 6) is 1.36. The van der Waals surface area contributed by atoms with Crippen LogP contribution in [0.5, 0.6) is 11.5 Å². The van der Waals surface area contributed by atoms with Crippen molar-refractivity contribution >= 4 is 47.8 Å². The highest BCUT2D eigenvalue weighted by atomic mass is 79.9. The first-order valence-corrected chi connectivity index (χ1v) is 12.3. The van der Waals surface area contributed by atoms with E-state index in [1.807, 2.05) is 24.3 Å². The lowest BCUT2D eigenvalue weighted by Gasteiger charge is -2.26. The lowest BCUT2D eigenvalue weighted by molar-refractivity contribution is 0.0621. The van der Waals surface area contributed by atoms with Crippen LogP contribution in [0.4, 0.5) is 0 Å². The van der Waals surface area contributed by atoms with Crippen molar-refractivity contribution in [1.82, 2.24) is 0 Å². The Morgan fingerprint density at radius 2 is 1.29 bits per heavy atom. The number of hydrogen-bond donors (Lipinski definition) is 1. The monoisotopic (exact) mass is 610 g/mol. The van der Waals surface area contributed by atoms with Gasteiger partial charge in [-0.05, 0) is 74.2 Å². The third-order valence-corrected chi connectivity index (χ3v) is 6.81. The number of rotatable bonds is 8. The van der Waals surface area contributed by atoms with E-state index in [1.54, 1.807) is 0 Å². The highest BCUT2D eigenvalue weighted by molar-refractivity contribution is 9.11. The highest BCUT2D eigenvalue weighted by Gasteiger charge is 2.23. The Labute approximate surface area is 209 Å². The van der Waals surface area contributed by atoms with Gasteiger partial charge in [0.1, 0.15) is 30.8 Å². The van der Waals surface area contributed by atoms with Crippen LogP contribution >= 0.6 is 47.8 Å². The van der Waals surface area contributed by atoms with E-state index in [0.717, 1.165) is 13.4 Å². The van der Waals surface area contributed by atoms with Crippen LogP contribution in [0.1, 0.15) is 30.5 Å². The number of aryl methyl sites for hydroxylation is 1. The molecule has 3 nitrogen and oxygen atoms in total. The largest absolute Gasteiger partial charge is 0.491 e. The summed E-state index contributed by atoms with van der Waals surface area (Å²) in [6.45, 7) is 6.79. The Morgan fingerprint density at radius 1 is 0.806 bits per heavy atom. The molecule has 0 saturated heterocycles. The van der Waals surface area contributed by atoms with E-state index < -0.39 is 6.10 Å². The first kappa shape index (κ1) is 24.3. The lowest BCUT2D eigenvalue weighted by atomic mass is 9.78. The Kier molecular flexibility index (Phi) is 8.25. The number of aliphatic hydroxyl groups excluding tert-OH is 1. The van der Waals surface area contributed by atoms with E-state index in [-0.39, 0.29) is 18.6 Å². The van der Waals surface area contributed by atoms with Gasteiger partial charge in [-0.3, -0.25) is 0 Å². The highest BCUT2D eigenvalue weighted by Crippen LogP contribution is 2.36. The summed E-state index contributed by atoms with van der Waals surface area (Å²) in [5.41, 5.74) is 3.62. The Bertz CT molecular complexity index is 992. The number of hydrogen-bond acceptors (Lipinski definition) is 3. The molecule has 0 bridgehead atoms. The molecule has 1 N–H and O–H groups in total. The molecule has 1 atom stereocenters. The molecule has 0 aromatic heterocycles. The van der Waals surface area contributed by atoms with E-state index in [9.17, 15) is 5.11 Å². The third kappa shape index (κ3) is 6.35. The van der Waals surface area contributed by atoms with Gasteiger partial charge in [-0.2, -0.15) is 0 Å². The molecule has 0 aliphatic heterocycles. The van der Waals surface area contributed by atoms with Gasteiger partial charge in [0.15, 0.2) is 0 Å². The summed E-state index contributed by atoms with van der Waals surface area (Å²) in [7, 11) is 0. The van der Waals surface area contributed by atoms with Gasteiger partial charge in [-0.1, -0.05) is 71.7 Å². The van der Waals surface area contributed by atoms with Crippen molar-refractivity contribution in [2.45, 2.75) is 32.3 Å². The minimum absolute atomic E-state index is 0.106. The number of aliphatic hydroxyl groups is 1. The SMILES string of the molecule is Cc1ccc(C(C)(C)c2ccc(OCC(O)COc3c(Br)cc(Br)cc3Br)cc2)cc1. The molecule has 3 aromatic rings. The van der Waals surface area contributed by atoms with E-state index in [1.165, 1.54) is 16.7 Å². The number of halogens is 3. The van der Waals surface area contributed by atoms with Gasteiger partial charge in [0.05, 0.1) is 8.95 Å². The second kappa shape index (κ2) is 10.5. The molecule has 0 amide bonds. The van der Waals surface area contributed by atoms with Gasteiger partial charge in [-0.15, -0.1) is 0 Å². The number of benzene rings is 3. The molecule has 0 spiro atoms. The molecule has 1 unspecified atom stereocenters. The molecular formula is C25H25Br3O3. The summed E-state index contributed by atoms with van der Waals surface area (Å²) in [6.07, 6.45) is -0.758. The van der Waals surface area contributed by atoms with Crippen LogP contribution in [0.25, 0.3) is 0 Å². The summed E-state index contributed by atoms with van der Waals surface area (Å²) in [6, 6.07) is 20.5. The zero-order valence-electron chi connectivity index (χ0n) is 17.7. The average Bonchev–Trinajstić information content (AvgIpc) is 2.72. The Morgan fingerprint density at radius 3 is 1.84 bits per heavy atom. The van der Waals surface area contributed by atoms with Crippen molar-refractivity contribution in [1.29, 1.82) is 0 Å². The molecule has 0 aliphatic carbocycles. The molecule has 6 heteroatoms. The molecule has 164 valence electrons. The zero-order valence-corrected chi connectivity index (χ0v) is 22.4. The van der Waals surface area contributed by atoms with Crippen LogP contribution < -0.4 is 9.47 Å². The first-order valence-electron chi connectivity index (χ1n) is 9.92. The summed E-state index contributed by atoms with van der Waals surface area (Å²) >= 11 is 10.4. The molecule has 0 radical (unpaired) electrons. The smallest absolute Gasteiger partial charge is 0.147 e. The van der Waals surface area contributed by atoms with Gasteiger partial charge in [0.2, 0.25) is 0 Å². The normalized spacial score (nSPS) is 12.5. The average molecular weight is 613 g/mol. The molecule has 3 aromatic carbocycles. The first-order chi connectivity index (χ1) is 14.7. The second-order valence-electron chi connectivity index (χ2n) is 7.99. The summed E-state index contributed by atoms with van der Waals surface area (Å²) < 4.78 is 14.0. The van der Waals surface area contributed by atoms with Gasteiger partial charge in [0, 0.05) is 9.89 Å². The lowest BCUT2D eigenvalue weighted by Crippen LogP contribution is -2.25. The zero-order chi connectivity index (χ0) is 22.6. The predicted octanol–water partition coefficient (Wildman–Crippen LogP) is 7.43. The van der Waals surface area contributed by atoms with Gasteiger partial charge in [0.25, 0.3) is 0 Å². The van der Waals surface area contributed by atoms with E-state index in [2.05, 4.69) is 105 Å². The minimum Gasteiger partial charge on any atom is -0.491 e. The molecule has 0 heterocycles. The quantitative estimate of drug-likeness (QED) is 0.288. The van der Waals surface area contributed by atoms with E-state index in [4.69, 9.17) is 9.47 Å². The summed E-state index contributed by atoms with van der Waals surface area (Å²) in [5, 5.41) is 10.3. The maximum Gasteiger partial charge on any atom is 0.147 e. The van der Waals surface area contributed by atoms with Crippen molar-refractivity contribution in [3.63, 3.8) is 0 Å². The summed E-state index contributed by atoms with van der Waals surface area (Å²) in [4.78, 5) is 0. The van der Waals surface area contributed by atoms with Crippen LogP contribution in [0.2, 0.25) is 0 Å². The van der Waals surface area contributed by atoms with E-state index >= 15 is 0 Å². The Hall–Kier alpha value is -1.34. The van der Waals surface area contributed by atoms with Gasteiger partial charge in [-0.25, -0.2) is 0 Å². The van der Waals surface area contributed by atoms with Gasteiger partial charge < -0.3 is 14.6 Å². The topological polar surface area (TPSA) is 38.7 Å². The van der Waals surface area contributed by atoms with Crippen molar-refractivity contribution < 1.29 is 14.6 Å². The fraction of sp³-hybridized carbons (Fsp3) is 0.280. The van der Waals surface area contributed by atoms with Crippen LogP contribution in [0.15, 0.2) is 74.1 Å². The standard InChI is InChI=1S/C25H25Br3O3/c1-16-4-6-17(7-5-16)25(2,3)18-8-10-21(11-9-18)30-14-20(29)15-31-24-22(27)12-19(26)13-23(24)28/h4-13,20,29H,14-15H2,1-3H3. The van der Waals surface area contributed by atoms with Crippen LogP contribution in [0.3, 0.4) is 0 Å². The van der Waals surface area contributed by atoms with E-state index in [0.29, 0.717) is 11.5 Å². The fourth-order valence-electron chi connectivity index (χ4n) is 3.19. The van der Waals surface area contributed by atoms with Crippen molar-refractivity contribution in [3.8, 4) is 11.5 Å². The van der Waals surface area contributed by atoms with Crippen molar-refractivity contribution in [3.05, 3.63) is 90.8 Å². The molecule has 0 saturated carbocycles. The second-order valence-corrected chi connectivity index (χ2v) is 10.6. The molecule has 3 rings (SSSR count). The molecule has 31 heavy (non-hydrogen) atoms. The third-order valence-electron chi connectivity index (χ3n) is 5.17. The van der Waals surface area contributed by atoms with Crippen LogP contribution in [0, 0.1) is 6.92 Å². The maximum absolute atomic E-state index is 10.3. The Balaban J connectivity index is 1.56. The fourth-order valence-corrected chi connectivity index (χ4v) is 5.68. The van der Waals surface area contributed by atoms with Gasteiger partial charge >= 0.3 is 0 Å². The van der Waals surface area contributed by atoms with Crippen LogP contribution in [-0.2, 0) is 5.41 Å². The molecule has 0 fully saturated rings. The van der Waals surface area contributed by atoms with Crippen molar-refractivity contribution in [2.24, 2.45) is 0 Å². The number of ether oxygens (including phenoxy) is 2. The van der Waals surface area contributed by atoms with Crippen LogP contribution in [-0.4, -0.2) is 24.4 Å². The minimum atomic E-state index is -0.758. The molecule has 0 aliphatic rings. The molecular weight excluding hydrogens is 588 g/mol. The predicted molar refractivity (Wildman–Crippen MR) is 136 cm³/mol.